The lowest BCUT2D eigenvalue weighted by molar-refractivity contribution is -0.120. The molecule has 1 atom stereocenters. The number of imide groups is 1. The molecule has 0 aromatic rings. The van der Waals surface area contributed by atoms with Crippen molar-refractivity contribution in [1.82, 2.24) is 16.0 Å². The SMILES string of the molecule is Cl.NC(=O)NCCSCCC1NC(=O)NC1=O. The lowest BCUT2D eigenvalue weighted by Crippen LogP contribution is -2.31. The van der Waals surface area contributed by atoms with Gasteiger partial charge in [-0.3, -0.25) is 10.1 Å². The van der Waals surface area contributed by atoms with Crippen molar-refractivity contribution >= 4 is 42.1 Å². The molecule has 0 aliphatic carbocycles. The third kappa shape index (κ3) is 6.22. The summed E-state index contributed by atoms with van der Waals surface area (Å²) in [6, 6.07) is -1.40. The number of carbonyl (C=O) groups excluding carboxylic acids is 3. The van der Waals surface area contributed by atoms with E-state index in [4.69, 9.17) is 5.73 Å². The molecule has 0 bridgehead atoms. The highest BCUT2D eigenvalue weighted by Gasteiger charge is 2.28. The zero-order chi connectivity index (χ0) is 12.0. The minimum Gasteiger partial charge on any atom is -0.352 e. The molecular formula is C8H15ClN4O3S. The molecule has 0 aromatic carbocycles. The van der Waals surface area contributed by atoms with Gasteiger partial charge < -0.3 is 16.4 Å². The molecule has 1 aliphatic rings. The van der Waals surface area contributed by atoms with E-state index in [0.717, 1.165) is 11.5 Å². The monoisotopic (exact) mass is 282 g/mol. The van der Waals surface area contributed by atoms with E-state index in [1.807, 2.05) is 0 Å². The summed E-state index contributed by atoms with van der Waals surface area (Å²) in [5.74, 6) is 1.19. The maximum atomic E-state index is 11.1. The number of nitrogens with one attached hydrogen (secondary N) is 3. The Morgan fingerprint density at radius 2 is 2.12 bits per heavy atom. The summed E-state index contributed by atoms with van der Waals surface area (Å²) in [5, 5.41) is 7.13. The highest BCUT2D eigenvalue weighted by molar-refractivity contribution is 7.99. The predicted octanol–water partition coefficient (Wildman–Crippen LogP) is -0.592. The summed E-state index contributed by atoms with van der Waals surface area (Å²) >= 11 is 1.58. The first-order valence-electron chi connectivity index (χ1n) is 4.82. The minimum absolute atomic E-state index is 0. The summed E-state index contributed by atoms with van der Waals surface area (Å²) in [7, 11) is 0. The van der Waals surface area contributed by atoms with E-state index in [9.17, 15) is 14.4 Å². The lowest BCUT2D eigenvalue weighted by atomic mass is 10.2. The highest BCUT2D eigenvalue weighted by Crippen LogP contribution is 2.06. The first kappa shape index (κ1) is 15.9. The van der Waals surface area contributed by atoms with E-state index in [2.05, 4.69) is 16.0 Å². The molecule has 0 saturated carbocycles. The number of halogens is 1. The van der Waals surface area contributed by atoms with Crippen LogP contribution in [0.4, 0.5) is 9.59 Å². The number of primary amides is 1. The van der Waals surface area contributed by atoms with Crippen molar-refractivity contribution < 1.29 is 14.4 Å². The fourth-order valence-corrected chi connectivity index (χ4v) is 2.06. The van der Waals surface area contributed by atoms with Crippen LogP contribution < -0.4 is 21.7 Å². The lowest BCUT2D eigenvalue weighted by Gasteiger charge is -2.06. The first-order valence-corrected chi connectivity index (χ1v) is 5.97. The number of hydrogen-bond donors (Lipinski definition) is 4. The Kier molecular flexibility index (Phi) is 7.47. The van der Waals surface area contributed by atoms with Gasteiger partial charge in [0.2, 0.25) is 0 Å². The zero-order valence-electron chi connectivity index (χ0n) is 9.02. The summed E-state index contributed by atoms with van der Waals surface area (Å²) in [4.78, 5) is 32.2. The van der Waals surface area contributed by atoms with Crippen molar-refractivity contribution in [2.24, 2.45) is 5.73 Å². The van der Waals surface area contributed by atoms with Crippen LogP contribution in [0.2, 0.25) is 0 Å². The largest absolute Gasteiger partial charge is 0.352 e. The van der Waals surface area contributed by atoms with Crippen LogP contribution >= 0.6 is 24.2 Å². The molecule has 17 heavy (non-hydrogen) atoms. The Balaban J connectivity index is 0.00000256. The van der Waals surface area contributed by atoms with Crippen molar-refractivity contribution in [2.45, 2.75) is 12.5 Å². The van der Waals surface area contributed by atoms with Crippen molar-refractivity contribution in [3.63, 3.8) is 0 Å². The molecule has 5 amide bonds. The molecule has 1 fully saturated rings. The molecule has 1 unspecified atom stereocenters. The van der Waals surface area contributed by atoms with Crippen LogP contribution in [0, 0.1) is 0 Å². The summed E-state index contributed by atoms with van der Waals surface area (Å²) in [5.41, 5.74) is 4.88. The molecule has 0 spiro atoms. The van der Waals surface area contributed by atoms with Crippen LogP contribution in [0.25, 0.3) is 0 Å². The summed E-state index contributed by atoms with van der Waals surface area (Å²) in [6.45, 7) is 0.503. The van der Waals surface area contributed by atoms with Crippen LogP contribution in [-0.2, 0) is 4.79 Å². The van der Waals surface area contributed by atoms with Crippen molar-refractivity contribution in [1.29, 1.82) is 0 Å². The molecule has 1 heterocycles. The smallest absolute Gasteiger partial charge is 0.322 e. The van der Waals surface area contributed by atoms with E-state index in [1.165, 1.54) is 0 Å². The third-order valence-corrected chi connectivity index (χ3v) is 2.97. The molecule has 5 N–H and O–H groups in total. The van der Waals surface area contributed by atoms with Crippen LogP contribution in [0.5, 0.6) is 0 Å². The number of carbonyl (C=O) groups is 3. The molecule has 7 nitrogen and oxygen atoms in total. The normalized spacial score (nSPS) is 18.0. The standard InChI is InChI=1S/C8H14N4O3S.ClH/c9-7(14)10-2-4-16-3-1-5-6(13)12-8(15)11-5;/h5H,1-4H2,(H3,9,10,14)(H2,11,12,13,15);1H. The maximum absolute atomic E-state index is 11.1. The van der Waals surface area contributed by atoms with Gasteiger partial charge in [0, 0.05) is 12.3 Å². The molecule has 1 rings (SSSR count). The van der Waals surface area contributed by atoms with Crippen molar-refractivity contribution in [2.75, 3.05) is 18.1 Å². The average molecular weight is 283 g/mol. The second-order valence-corrected chi connectivity index (χ2v) is 4.43. The van der Waals surface area contributed by atoms with Gasteiger partial charge in [0.05, 0.1) is 0 Å². The maximum Gasteiger partial charge on any atom is 0.322 e. The Morgan fingerprint density at radius 3 is 2.65 bits per heavy atom. The van der Waals surface area contributed by atoms with Gasteiger partial charge in [-0.05, 0) is 12.2 Å². The quantitative estimate of drug-likeness (QED) is 0.385. The van der Waals surface area contributed by atoms with E-state index < -0.39 is 18.1 Å². The molecule has 0 radical (unpaired) electrons. The molecule has 9 heteroatoms. The van der Waals surface area contributed by atoms with Gasteiger partial charge in [-0.1, -0.05) is 0 Å². The fourth-order valence-electron chi connectivity index (χ4n) is 1.21. The first-order chi connectivity index (χ1) is 7.59. The van der Waals surface area contributed by atoms with E-state index in [0.29, 0.717) is 13.0 Å². The Hall–Kier alpha value is -1.15. The second kappa shape index (κ2) is 8.02. The van der Waals surface area contributed by atoms with E-state index >= 15 is 0 Å². The van der Waals surface area contributed by atoms with Crippen LogP contribution in [0.15, 0.2) is 0 Å². The Labute approximate surface area is 109 Å². The topological polar surface area (TPSA) is 113 Å². The minimum atomic E-state index is -0.539. The van der Waals surface area contributed by atoms with Crippen LogP contribution in [0.3, 0.4) is 0 Å². The van der Waals surface area contributed by atoms with Crippen LogP contribution in [-0.4, -0.2) is 42.1 Å². The molecule has 98 valence electrons. The van der Waals surface area contributed by atoms with Gasteiger partial charge in [0.1, 0.15) is 6.04 Å². The predicted molar refractivity (Wildman–Crippen MR) is 67.2 cm³/mol. The third-order valence-electron chi connectivity index (χ3n) is 1.96. The van der Waals surface area contributed by atoms with Crippen molar-refractivity contribution in [3.8, 4) is 0 Å². The van der Waals surface area contributed by atoms with E-state index in [1.54, 1.807) is 11.8 Å². The van der Waals surface area contributed by atoms with Gasteiger partial charge in [0.15, 0.2) is 0 Å². The number of hydrogen-bond acceptors (Lipinski definition) is 4. The summed E-state index contributed by atoms with van der Waals surface area (Å²) < 4.78 is 0. The molecule has 1 saturated heterocycles. The highest BCUT2D eigenvalue weighted by atomic mass is 35.5. The number of nitrogens with two attached hydrogens (primary N) is 1. The van der Waals surface area contributed by atoms with Gasteiger partial charge in [-0.15, -0.1) is 12.4 Å². The fraction of sp³-hybridized carbons (Fsp3) is 0.625. The van der Waals surface area contributed by atoms with Crippen molar-refractivity contribution in [3.05, 3.63) is 0 Å². The van der Waals surface area contributed by atoms with E-state index in [-0.39, 0.29) is 18.3 Å². The average Bonchev–Trinajstić information content (AvgIpc) is 2.50. The number of amides is 5. The van der Waals surface area contributed by atoms with Gasteiger partial charge >= 0.3 is 12.1 Å². The second-order valence-electron chi connectivity index (χ2n) is 3.21. The number of urea groups is 2. The Bertz CT molecular complexity index is 302. The van der Waals surface area contributed by atoms with Gasteiger partial charge in [0.25, 0.3) is 5.91 Å². The molecular weight excluding hydrogens is 268 g/mol. The number of rotatable bonds is 6. The molecule has 0 aromatic heterocycles. The molecule has 1 aliphatic heterocycles. The zero-order valence-corrected chi connectivity index (χ0v) is 10.7. The van der Waals surface area contributed by atoms with Gasteiger partial charge in [-0.2, -0.15) is 11.8 Å². The Morgan fingerprint density at radius 1 is 1.41 bits per heavy atom. The van der Waals surface area contributed by atoms with Crippen LogP contribution in [0.1, 0.15) is 6.42 Å². The van der Waals surface area contributed by atoms with Gasteiger partial charge in [-0.25, -0.2) is 9.59 Å². The number of thioether (sulfide) groups is 1. The summed E-state index contributed by atoms with van der Waals surface area (Å²) in [6.07, 6.45) is 0.582.